The van der Waals surface area contributed by atoms with Crippen LogP contribution >= 0.6 is 15.9 Å². The zero-order valence-electron chi connectivity index (χ0n) is 9.90. The highest BCUT2D eigenvalue weighted by atomic mass is 79.9. The van der Waals surface area contributed by atoms with E-state index in [-0.39, 0.29) is 0 Å². The van der Waals surface area contributed by atoms with Crippen LogP contribution in [0.2, 0.25) is 0 Å². The third kappa shape index (κ3) is 2.26. The largest absolute Gasteiger partial charge is 0.346 e. The summed E-state index contributed by atoms with van der Waals surface area (Å²) >= 11 is 3.60. The molecule has 2 nitrogen and oxygen atoms in total. The molecular weight excluding hydrogens is 276 g/mol. The summed E-state index contributed by atoms with van der Waals surface area (Å²) in [4.78, 5) is 2.56. The van der Waals surface area contributed by atoms with Crippen molar-refractivity contribution in [3.63, 3.8) is 0 Å². The molecule has 1 aliphatic heterocycles. The molecule has 90 valence electrons. The maximum absolute atomic E-state index is 3.60. The summed E-state index contributed by atoms with van der Waals surface area (Å²) in [6.45, 7) is 4.84. The van der Waals surface area contributed by atoms with Crippen LogP contribution < -0.4 is 0 Å². The molecule has 2 aromatic rings. The van der Waals surface area contributed by atoms with E-state index in [9.17, 15) is 0 Å². The summed E-state index contributed by atoms with van der Waals surface area (Å²) in [5, 5.41) is 1.31. The Balaban J connectivity index is 1.78. The van der Waals surface area contributed by atoms with E-state index in [1.807, 2.05) is 0 Å². The molecule has 3 rings (SSSR count). The predicted molar refractivity (Wildman–Crippen MR) is 75.3 cm³/mol. The highest BCUT2D eigenvalue weighted by Gasteiger charge is 2.11. The highest BCUT2D eigenvalue weighted by Crippen LogP contribution is 2.24. The van der Waals surface area contributed by atoms with Gasteiger partial charge in [-0.1, -0.05) is 22.0 Å². The molecule has 0 amide bonds. The Kier molecular flexibility index (Phi) is 3.21. The third-order valence-electron chi connectivity index (χ3n) is 3.62. The smallest absolute Gasteiger partial charge is 0.0492 e. The van der Waals surface area contributed by atoms with E-state index >= 15 is 0 Å². The van der Waals surface area contributed by atoms with E-state index in [2.05, 4.69) is 55.9 Å². The molecule has 17 heavy (non-hydrogen) atoms. The van der Waals surface area contributed by atoms with Crippen LogP contribution in [0.3, 0.4) is 0 Å². The molecule has 2 heterocycles. The monoisotopic (exact) mass is 292 g/mol. The molecule has 0 N–H and O–H groups in total. The molecular formula is C14H17BrN2. The number of hydrogen-bond acceptors (Lipinski definition) is 1. The second-order valence-electron chi connectivity index (χ2n) is 4.73. The van der Waals surface area contributed by atoms with Crippen LogP contribution in [0.25, 0.3) is 10.9 Å². The van der Waals surface area contributed by atoms with Gasteiger partial charge >= 0.3 is 0 Å². The number of benzene rings is 1. The van der Waals surface area contributed by atoms with Crippen LogP contribution in [-0.2, 0) is 6.54 Å². The van der Waals surface area contributed by atoms with Gasteiger partial charge in [0.1, 0.15) is 0 Å². The topological polar surface area (TPSA) is 8.17 Å². The molecule has 0 spiro atoms. The van der Waals surface area contributed by atoms with Crippen molar-refractivity contribution in [2.45, 2.75) is 19.4 Å². The summed E-state index contributed by atoms with van der Waals surface area (Å²) in [7, 11) is 0. The van der Waals surface area contributed by atoms with E-state index in [1.165, 1.54) is 47.9 Å². The van der Waals surface area contributed by atoms with Crippen molar-refractivity contribution >= 4 is 26.8 Å². The van der Waals surface area contributed by atoms with Gasteiger partial charge in [-0.15, -0.1) is 0 Å². The van der Waals surface area contributed by atoms with Crippen molar-refractivity contribution < 1.29 is 0 Å². The number of aromatic nitrogens is 1. The fourth-order valence-electron chi connectivity index (χ4n) is 2.64. The number of hydrogen-bond donors (Lipinski definition) is 0. The summed E-state index contributed by atoms with van der Waals surface area (Å²) in [6.07, 6.45) is 4.95. The second-order valence-corrected chi connectivity index (χ2v) is 5.58. The van der Waals surface area contributed by atoms with Crippen molar-refractivity contribution in [2.75, 3.05) is 19.6 Å². The average Bonchev–Trinajstić information content (AvgIpc) is 2.95. The molecule has 1 saturated heterocycles. The molecule has 0 bridgehead atoms. The Morgan fingerprint density at radius 2 is 1.88 bits per heavy atom. The van der Waals surface area contributed by atoms with Gasteiger partial charge in [0, 0.05) is 34.7 Å². The zero-order valence-corrected chi connectivity index (χ0v) is 11.5. The quantitative estimate of drug-likeness (QED) is 0.841. The van der Waals surface area contributed by atoms with Crippen molar-refractivity contribution in [3.05, 3.63) is 34.9 Å². The van der Waals surface area contributed by atoms with Crippen LogP contribution in [0.5, 0.6) is 0 Å². The standard InChI is InChI=1S/C14H17BrN2/c15-13-4-3-5-14-12(13)6-9-17(14)11-10-16-7-1-2-8-16/h3-6,9H,1-2,7-8,10-11H2. The van der Waals surface area contributed by atoms with Crippen LogP contribution in [0.4, 0.5) is 0 Å². The van der Waals surface area contributed by atoms with E-state index in [1.54, 1.807) is 0 Å². The molecule has 1 aromatic carbocycles. The Bertz CT molecular complexity index is 512. The summed E-state index contributed by atoms with van der Waals surface area (Å²) in [6, 6.07) is 8.61. The first kappa shape index (κ1) is 11.3. The number of halogens is 1. The van der Waals surface area contributed by atoms with Gasteiger partial charge in [0.25, 0.3) is 0 Å². The fourth-order valence-corrected chi connectivity index (χ4v) is 3.12. The minimum Gasteiger partial charge on any atom is -0.346 e. The van der Waals surface area contributed by atoms with Gasteiger partial charge < -0.3 is 9.47 Å². The molecule has 0 saturated carbocycles. The predicted octanol–water partition coefficient (Wildman–Crippen LogP) is 3.50. The molecule has 1 aliphatic rings. The van der Waals surface area contributed by atoms with Crippen LogP contribution in [0.1, 0.15) is 12.8 Å². The van der Waals surface area contributed by atoms with Crippen LogP contribution in [-0.4, -0.2) is 29.1 Å². The second kappa shape index (κ2) is 4.83. The van der Waals surface area contributed by atoms with Crippen LogP contribution in [0.15, 0.2) is 34.9 Å². The number of likely N-dealkylation sites (tertiary alicyclic amines) is 1. The average molecular weight is 293 g/mol. The van der Waals surface area contributed by atoms with Crippen molar-refractivity contribution in [3.8, 4) is 0 Å². The van der Waals surface area contributed by atoms with Gasteiger partial charge in [0.15, 0.2) is 0 Å². The molecule has 0 atom stereocenters. The zero-order chi connectivity index (χ0) is 11.7. The Morgan fingerprint density at radius 3 is 2.71 bits per heavy atom. The van der Waals surface area contributed by atoms with E-state index in [0.29, 0.717) is 0 Å². The fraction of sp³-hybridized carbons (Fsp3) is 0.429. The SMILES string of the molecule is Brc1cccc2c1ccn2CCN1CCCC1. The van der Waals surface area contributed by atoms with Crippen molar-refractivity contribution in [2.24, 2.45) is 0 Å². The molecule has 0 unspecified atom stereocenters. The summed E-state index contributed by atoms with van der Waals surface area (Å²) < 4.78 is 3.55. The lowest BCUT2D eigenvalue weighted by atomic mass is 10.2. The maximum Gasteiger partial charge on any atom is 0.0492 e. The van der Waals surface area contributed by atoms with Gasteiger partial charge in [0.05, 0.1) is 0 Å². The first-order valence-electron chi connectivity index (χ1n) is 6.30. The lowest BCUT2D eigenvalue weighted by Crippen LogP contribution is -2.23. The third-order valence-corrected chi connectivity index (χ3v) is 4.31. The van der Waals surface area contributed by atoms with Gasteiger partial charge in [-0.25, -0.2) is 0 Å². The normalized spacial score (nSPS) is 17.0. The summed E-state index contributed by atoms with van der Waals surface area (Å²) in [5.41, 5.74) is 1.33. The van der Waals surface area contributed by atoms with Gasteiger partial charge in [0.2, 0.25) is 0 Å². The van der Waals surface area contributed by atoms with Crippen molar-refractivity contribution in [1.29, 1.82) is 0 Å². The summed E-state index contributed by atoms with van der Waals surface area (Å²) in [5.74, 6) is 0. The lowest BCUT2D eigenvalue weighted by Gasteiger charge is -2.15. The molecule has 1 fully saturated rings. The Hall–Kier alpha value is -0.800. The minimum absolute atomic E-state index is 1.10. The lowest BCUT2D eigenvalue weighted by molar-refractivity contribution is 0.324. The Morgan fingerprint density at radius 1 is 1.06 bits per heavy atom. The first-order chi connectivity index (χ1) is 8.34. The van der Waals surface area contributed by atoms with Crippen LogP contribution in [0, 0.1) is 0 Å². The van der Waals surface area contributed by atoms with Gasteiger partial charge in [-0.3, -0.25) is 0 Å². The molecule has 0 aliphatic carbocycles. The van der Waals surface area contributed by atoms with Crippen molar-refractivity contribution in [1.82, 2.24) is 9.47 Å². The number of fused-ring (bicyclic) bond motifs is 1. The van der Waals surface area contributed by atoms with Gasteiger partial charge in [-0.05, 0) is 44.1 Å². The molecule has 1 aromatic heterocycles. The highest BCUT2D eigenvalue weighted by molar-refractivity contribution is 9.10. The van der Waals surface area contributed by atoms with E-state index in [0.717, 1.165) is 6.54 Å². The first-order valence-corrected chi connectivity index (χ1v) is 7.09. The molecule has 0 radical (unpaired) electrons. The van der Waals surface area contributed by atoms with Gasteiger partial charge in [-0.2, -0.15) is 0 Å². The maximum atomic E-state index is 3.60. The van der Waals surface area contributed by atoms with E-state index in [4.69, 9.17) is 0 Å². The molecule has 3 heteroatoms. The number of nitrogens with zero attached hydrogens (tertiary/aromatic N) is 2. The minimum atomic E-state index is 1.10. The number of rotatable bonds is 3. The Labute approximate surface area is 110 Å². The van der Waals surface area contributed by atoms with E-state index < -0.39 is 0 Å².